The molecule has 0 radical (unpaired) electrons. The van der Waals surface area contributed by atoms with Crippen molar-refractivity contribution in [2.45, 2.75) is 32.9 Å². The van der Waals surface area contributed by atoms with E-state index in [0.29, 0.717) is 18.8 Å². The van der Waals surface area contributed by atoms with Crippen LogP contribution in [0.15, 0.2) is 30.5 Å². The summed E-state index contributed by atoms with van der Waals surface area (Å²) in [7, 11) is 0. The normalized spacial score (nSPS) is 11.6. The Morgan fingerprint density at radius 3 is 2.47 bits per heavy atom. The molecule has 0 amide bonds. The molecule has 0 unspecified atom stereocenters. The van der Waals surface area contributed by atoms with Crippen molar-refractivity contribution in [1.82, 2.24) is 15.0 Å². The molecule has 0 aliphatic carbocycles. The molecule has 1 heterocycles. The van der Waals surface area contributed by atoms with Gasteiger partial charge in [-0.2, -0.15) is 0 Å². The number of aliphatic hydroxyl groups is 1. The smallest absolute Gasteiger partial charge is 0.119 e. The van der Waals surface area contributed by atoms with E-state index < -0.39 is 5.60 Å². The minimum Gasteiger partial charge on any atom is -0.494 e. The lowest BCUT2D eigenvalue weighted by Crippen LogP contribution is -2.15. The number of ether oxygens (including phenoxy) is 1. The zero-order valence-corrected chi connectivity index (χ0v) is 11.5. The van der Waals surface area contributed by atoms with Gasteiger partial charge in [-0.15, -0.1) is 5.10 Å². The van der Waals surface area contributed by atoms with E-state index in [1.54, 1.807) is 24.7 Å². The molecule has 1 N–H and O–H groups in total. The van der Waals surface area contributed by atoms with Crippen molar-refractivity contribution in [3.63, 3.8) is 0 Å². The summed E-state index contributed by atoms with van der Waals surface area (Å²) in [6.07, 6.45) is 1.76. The highest BCUT2D eigenvalue weighted by molar-refractivity contribution is 5.27. The molecule has 2 aromatic rings. The minimum absolute atomic E-state index is 0.568. The van der Waals surface area contributed by atoms with Crippen LogP contribution in [0.25, 0.3) is 0 Å². The monoisotopic (exact) mass is 261 g/mol. The first-order valence-electron chi connectivity index (χ1n) is 6.34. The maximum Gasteiger partial charge on any atom is 0.119 e. The van der Waals surface area contributed by atoms with Gasteiger partial charge in [0.1, 0.15) is 17.0 Å². The van der Waals surface area contributed by atoms with Crippen LogP contribution in [0.3, 0.4) is 0 Å². The van der Waals surface area contributed by atoms with E-state index in [4.69, 9.17) is 4.74 Å². The Bertz CT molecular complexity index is 526. The van der Waals surface area contributed by atoms with E-state index in [0.717, 1.165) is 11.3 Å². The second kappa shape index (κ2) is 5.40. The number of hydrogen-bond acceptors (Lipinski definition) is 4. The third kappa shape index (κ3) is 3.54. The van der Waals surface area contributed by atoms with E-state index in [1.165, 1.54) is 0 Å². The van der Waals surface area contributed by atoms with Crippen LogP contribution in [0.4, 0.5) is 0 Å². The molecule has 5 nitrogen and oxygen atoms in total. The third-order valence-electron chi connectivity index (χ3n) is 2.74. The van der Waals surface area contributed by atoms with E-state index in [2.05, 4.69) is 10.3 Å². The molecule has 102 valence electrons. The molecule has 1 aromatic carbocycles. The Hall–Kier alpha value is -1.88. The molecular weight excluding hydrogens is 242 g/mol. The van der Waals surface area contributed by atoms with Crippen molar-refractivity contribution in [2.75, 3.05) is 6.61 Å². The van der Waals surface area contributed by atoms with Gasteiger partial charge in [0.05, 0.1) is 19.3 Å². The van der Waals surface area contributed by atoms with Gasteiger partial charge in [-0.3, -0.25) is 0 Å². The molecule has 19 heavy (non-hydrogen) atoms. The summed E-state index contributed by atoms with van der Waals surface area (Å²) in [6, 6.07) is 7.87. The van der Waals surface area contributed by atoms with Crippen molar-refractivity contribution >= 4 is 0 Å². The highest BCUT2D eigenvalue weighted by atomic mass is 16.5. The summed E-state index contributed by atoms with van der Waals surface area (Å²) < 4.78 is 7.10. The highest BCUT2D eigenvalue weighted by Crippen LogP contribution is 2.17. The molecule has 5 heteroatoms. The maximum atomic E-state index is 9.83. The van der Waals surface area contributed by atoms with Crippen LogP contribution in [-0.4, -0.2) is 26.7 Å². The Balaban J connectivity index is 2.06. The summed E-state index contributed by atoms with van der Waals surface area (Å²) in [5.41, 5.74) is 0.714. The van der Waals surface area contributed by atoms with Gasteiger partial charge in [0.15, 0.2) is 0 Å². The lowest BCUT2D eigenvalue weighted by Gasteiger charge is -2.11. The van der Waals surface area contributed by atoms with Crippen molar-refractivity contribution in [3.8, 4) is 5.75 Å². The van der Waals surface area contributed by atoms with Crippen LogP contribution >= 0.6 is 0 Å². The van der Waals surface area contributed by atoms with Gasteiger partial charge < -0.3 is 9.84 Å². The average molecular weight is 261 g/mol. The fourth-order valence-electron chi connectivity index (χ4n) is 1.70. The van der Waals surface area contributed by atoms with Gasteiger partial charge in [0.25, 0.3) is 0 Å². The standard InChI is InChI=1S/C14H19N3O2/c1-4-19-12-7-5-11(6-8-12)9-17-10-13(15-16-17)14(2,3)18/h5-8,10,18H,4,9H2,1-3H3. The molecule has 0 aliphatic heterocycles. The fraction of sp³-hybridized carbons (Fsp3) is 0.429. The zero-order valence-electron chi connectivity index (χ0n) is 11.5. The van der Waals surface area contributed by atoms with E-state index in [1.807, 2.05) is 31.2 Å². The number of aromatic nitrogens is 3. The highest BCUT2D eigenvalue weighted by Gasteiger charge is 2.19. The molecule has 0 aliphatic rings. The van der Waals surface area contributed by atoms with Gasteiger partial charge in [-0.25, -0.2) is 4.68 Å². The van der Waals surface area contributed by atoms with Crippen molar-refractivity contribution in [1.29, 1.82) is 0 Å². The largest absolute Gasteiger partial charge is 0.494 e. The summed E-state index contributed by atoms with van der Waals surface area (Å²) in [6.45, 7) is 6.63. The minimum atomic E-state index is -0.961. The first kappa shape index (κ1) is 13.5. The summed E-state index contributed by atoms with van der Waals surface area (Å²) >= 11 is 0. The van der Waals surface area contributed by atoms with Gasteiger partial charge in [-0.05, 0) is 38.5 Å². The summed E-state index contributed by atoms with van der Waals surface area (Å²) in [4.78, 5) is 0. The van der Waals surface area contributed by atoms with Gasteiger partial charge in [-0.1, -0.05) is 17.3 Å². The van der Waals surface area contributed by atoms with Gasteiger partial charge in [0.2, 0.25) is 0 Å². The Morgan fingerprint density at radius 1 is 1.26 bits per heavy atom. The van der Waals surface area contributed by atoms with Crippen LogP contribution in [0.5, 0.6) is 5.75 Å². The first-order chi connectivity index (χ1) is 8.99. The number of hydrogen-bond donors (Lipinski definition) is 1. The quantitative estimate of drug-likeness (QED) is 0.893. The van der Waals surface area contributed by atoms with Crippen molar-refractivity contribution < 1.29 is 9.84 Å². The molecule has 0 spiro atoms. The van der Waals surface area contributed by atoms with Crippen molar-refractivity contribution in [2.24, 2.45) is 0 Å². The molecular formula is C14H19N3O2. The Labute approximate surface area is 112 Å². The molecule has 0 bridgehead atoms. The van der Waals surface area contributed by atoms with E-state index >= 15 is 0 Å². The molecule has 2 rings (SSSR count). The molecule has 0 saturated carbocycles. The molecule has 0 saturated heterocycles. The second-order valence-corrected chi connectivity index (χ2v) is 4.94. The van der Waals surface area contributed by atoms with E-state index in [9.17, 15) is 5.11 Å². The van der Waals surface area contributed by atoms with Crippen LogP contribution < -0.4 is 4.74 Å². The first-order valence-corrected chi connectivity index (χ1v) is 6.34. The van der Waals surface area contributed by atoms with Crippen LogP contribution in [0.1, 0.15) is 32.0 Å². The third-order valence-corrected chi connectivity index (χ3v) is 2.74. The Kier molecular flexibility index (Phi) is 3.85. The van der Waals surface area contributed by atoms with Gasteiger partial charge >= 0.3 is 0 Å². The lowest BCUT2D eigenvalue weighted by atomic mass is 10.1. The maximum absolute atomic E-state index is 9.83. The number of nitrogens with zero attached hydrogens (tertiary/aromatic N) is 3. The summed E-state index contributed by atoms with van der Waals surface area (Å²) in [5.74, 6) is 0.863. The topological polar surface area (TPSA) is 60.2 Å². The second-order valence-electron chi connectivity index (χ2n) is 4.94. The summed E-state index contributed by atoms with van der Waals surface area (Å²) in [5, 5.41) is 17.8. The van der Waals surface area contributed by atoms with Crippen LogP contribution in [-0.2, 0) is 12.1 Å². The zero-order chi connectivity index (χ0) is 13.9. The number of benzene rings is 1. The molecule has 1 aromatic heterocycles. The van der Waals surface area contributed by atoms with Crippen molar-refractivity contribution in [3.05, 3.63) is 41.7 Å². The Morgan fingerprint density at radius 2 is 1.95 bits per heavy atom. The average Bonchev–Trinajstić information content (AvgIpc) is 2.80. The van der Waals surface area contributed by atoms with Crippen LogP contribution in [0, 0.1) is 0 Å². The predicted octanol–water partition coefficient (Wildman–Crippen LogP) is 1.95. The lowest BCUT2D eigenvalue weighted by molar-refractivity contribution is 0.0737. The predicted molar refractivity (Wildman–Crippen MR) is 72.0 cm³/mol. The van der Waals surface area contributed by atoms with Gasteiger partial charge in [0, 0.05) is 0 Å². The van der Waals surface area contributed by atoms with Crippen LogP contribution in [0.2, 0.25) is 0 Å². The number of rotatable bonds is 5. The van der Waals surface area contributed by atoms with E-state index in [-0.39, 0.29) is 0 Å². The fourth-order valence-corrected chi connectivity index (χ4v) is 1.70. The molecule has 0 fully saturated rings. The SMILES string of the molecule is CCOc1ccc(Cn2cc(C(C)(C)O)nn2)cc1. The molecule has 0 atom stereocenters.